The van der Waals surface area contributed by atoms with E-state index in [1.54, 1.807) is 26.4 Å². The smallest absolute Gasteiger partial charge is 0.251 e. The van der Waals surface area contributed by atoms with Crippen LogP contribution in [0, 0.1) is 5.92 Å². The van der Waals surface area contributed by atoms with Gasteiger partial charge in [-0.15, -0.1) is 0 Å². The quantitative estimate of drug-likeness (QED) is 0.748. The molecule has 154 valence electrons. The van der Waals surface area contributed by atoms with Gasteiger partial charge in [0, 0.05) is 30.9 Å². The first kappa shape index (κ1) is 20.5. The van der Waals surface area contributed by atoms with E-state index in [1.807, 2.05) is 30.3 Å². The van der Waals surface area contributed by atoms with E-state index in [-0.39, 0.29) is 17.7 Å². The number of nitrogens with two attached hydrogens (primary N) is 1. The fourth-order valence-electron chi connectivity index (χ4n) is 3.54. The molecule has 0 saturated carbocycles. The van der Waals surface area contributed by atoms with Crippen LogP contribution in [0.1, 0.15) is 28.8 Å². The minimum atomic E-state index is -0.249. The van der Waals surface area contributed by atoms with E-state index < -0.39 is 0 Å². The second kappa shape index (κ2) is 9.32. The predicted molar refractivity (Wildman–Crippen MR) is 111 cm³/mol. The van der Waals surface area contributed by atoms with E-state index >= 15 is 0 Å². The molecule has 2 aromatic rings. The molecule has 1 aliphatic rings. The highest BCUT2D eigenvalue weighted by molar-refractivity contribution is 5.94. The first-order chi connectivity index (χ1) is 14.0. The molecular weight excluding hydrogens is 370 g/mol. The first-order valence-electron chi connectivity index (χ1n) is 9.65. The summed E-state index contributed by atoms with van der Waals surface area (Å²) in [5, 5.41) is 2.91. The molecule has 3 N–H and O–H groups in total. The summed E-state index contributed by atoms with van der Waals surface area (Å²) in [6.07, 6.45) is 1.77. The Morgan fingerprint density at radius 3 is 2.48 bits per heavy atom. The summed E-state index contributed by atoms with van der Waals surface area (Å²) in [6, 6.07) is 13.0. The summed E-state index contributed by atoms with van der Waals surface area (Å²) >= 11 is 0. The maximum Gasteiger partial charge on any atom is 0.251 e. The van der Waals surface area contributed by atoms with Gasteiger partial charge >= 0.3 is 0 Å². The van der Waals surface area contributed by atoms with Gasteiger partial charge in [-0.25, -0.2) is 0 Å². The second-order valence-electron chi connectivity index (χ2n) is 7.11. The Bertz CT molecular complexity index is 867. The van der Waals surface area contributed by atoms with Crippen LogP contribution in [0.3, 0.4) is 0 Å². The first-order valence-corrected chi connectivity index (χ1v) is 9.65. The minimum absolute atomic E-state index is 0.117. The van der Waals surface area contributed by atoms with Crippen LogP contribution < -0.4 is 25.4 Å². The van der Waals surface area contributed by atoms with Gasteiger partial charge in [0.25, 0.3) is 5.91 Å². The second-order valence-corrected chi connectivity index (χ2v) is 7.11. The number of amides is 2. The Hall–Kier alpha value is -3.22. The number of carbonyl (C=O) groups is 2. The number of piperidine rings is 1. The maximum absolute atomic E-state index is 12.5. The average Bonchev–Trinajstić information content (AvgIpc) is 2.77. The molecular formula is C22H27N3O4. The zero-order chi connectivity index (χ0) is 20.8. The Balaban J connectivity index is 1.60. The lowest BCUT2D eigenvalue weighted by atomic mass is 9.97. The molecule has 29 heavy (non-hydrogen) atoms. The average molecular weight is 397 g/mol. The lowest BCUT2D eigenvalue weighted by molar-refractivity contribution is -0.122. The Morgan fingerprint density at radius 2 is 1.83 bits per heavy atom. The van der Waals surface area contributed by atoms with Crippen molar-refractivity contribution < 1.29 is 19.1 Å². The molecule has 0 bridgehead atoms. The number of nitrogens with zero attached hydrogens (tertiary/aromatic N) is 1. The molecule has 1 aliphatic heterocycles. The molecule has 2 amide bonds. The zero-order valence-corrected chi connectivity index (χ0v) is 16.8. The van der Waals surface area contributed by atoms with Gasteiger partial charge in [-0.3, -0.25) is 9.59 Å². The third-order valence-corrected chi connectivity index (χ3v) is 5.22. The van der Waals surface area contributed by atoms with Crippen LogP contribution in [0.2, 0.25) is 0 Å². The van der Waals surface area contributed by atoms with Crippen molar-refractivity contribution in [1.82, 2.24) is 5.32 Å². The zero-order valence-electron chi connectivity index (χ0n) is 16.8. The standard InChI is InChI=1S/C22H27N3O4/c1-28-19-10-5-15(12-20(19)29-2)13-24-22(27)16-6-8-18(9-7-16)25-11-3-4-17(14-25)21(23)26/h5-10,12,17H,3-4,11,13-14H2,1-2H3,(H2,23,26)(H,24,27). The highest BCUT2D eigenvalue weighted by Gasteiger charge is 2.24. The van der Waals surface area contributed by atoms with Crippen LogP contribution in [0.25, 0.3) is 0 Å². The number of primary amides is 1. The number of rotatable bonds is 7. The fraction of sp³-hybridized carbons (Fsp3) is 0.364. The summed E-state index contributed by atoms with van der Waals surface area (Å²) in [6.45, 7) is 1.89. The van der Waals surface area contributed by atoms with Gasteiger partial charge in [-0.05, 0) is 54.8 Å². The summed E-state index contributed by atoms with van der Waals surface area (Å²) in [7, 11) is 3.16. The van der Waals surface area contributed by atoms with Crippen LogP contribution in [0.4, 0.5) is 5.69 Å². The van der Waals surface area contributed by atoms with Crippen LogP contribution in [0.5, 0.6) is 11.5 Å². The summed E-state index contributed by atoms with van der Waals surface area (Å²) < 4.78 is 10.5. The largest absolute Gasteiger partial charge is 0.493 e. The molecule has 1 fully saturated rings. The number of anilines is 1. The SMILES string of the molecule is COc1ccc(CNC(=O)c2ccc(N3CCCC(C(N)=O)C3)cc2)cc1OC. The number of carbonyl (C=O) groups excluding carboxylic acids is 2. The van der Waals surface area contributed by atoms with Gasteiger partial charge in [0.2, 0.25) is 5.91 Å². The van der Waals surface area contributed by atoms with Crippen LogP contribution in [-0.4, -0.2) is 39.1 Å². The monoisotopic (exact) mass is 397 g/mol. The number of methoxy groups -OCH3 is 2. The molecule has 0 radical (unpaired) electrons. The molecule has 1 heterocycles. The lowest BCUT2D eigenvalue weighted by Crippen LogP contribution is -2.41. The molecule has 1 unspecified atom stereocenters. The molecule has 7 nitrogen and oxygen atoms in total. The highest BCUT2D eigenvalue weighted by Crippen LogP contribution is 2.27. The lowest BCUT2D eigenvalue weighted by Gasteiger charge is -2.33. The van der Waals surface area contributed by atoms with Crippen molar-refractivity contribution in [3.05, 3.63) is 53.6 Å². The minimum Gasteiger partial charge on any atom is -0.493 e. The van der Waals surface area contributed by atoms with Crippen LogP contribution >= 0.6 is 0 Å². The van der Waals surface area contributed by atoms with Crippen molar-refractivity contribution in [2.75, 3.05) is 32.2 Å². The van der Waals surface area contributed by atoms with Crippen LogP contribution in [-0.2, 0) is 11.3 Å². The van der Waals surface area contributed by atoms with Gasteiger partial charge in [0.15, 0.2) is 11.5 Å². The Kier molecular flexibility index (Phi) is 6.59. The molecule has 1 saturated heterocycles. The third kappa shape index (κ3) is 4.99. The van der Waals surface area contributed by atoms with E-state index in [4.69, 9.17) is 15.2 Å². The molecule has 0 aliphatic carbocycles. The number of hydrogen-bond acceptors (Lipinski definition) is 5. The van der Waals surface area contributed by atoms with E-state index in [9.17, 15) is 9.59 Å². The van der Waals surface area contributed by atoms with Crippen molar-refractivity contribution >= 4 is 17.5 Å². The van der Waals surface area contributed by atoms with Crippen molar-refractivity contribution in [2.24, 2.45) is 11.7 Å². The van der Waals surface area contributed by atoms with E-state index in [0.29, 0.717) is 30.2 Å². The number of ether oxygens (including phenoxy) is 2. The molecule has 7 heteroatoms. The fourth-order valence-corrected chi connectivity index (χ4v) is 3.54. The topological polar surface area (TPSA) is 93.9 Å². The number of benzene rings is 2. The summed E-state index contributed by atoms with van der Waals surface area (Å²) in [5.74, 6) is 0.753. The van der Waals surface area contributed by atoms with E-state index in [2.05, 4.69) is 10.2 Å². The molecule has 0 aromatic heterocycles. The third-order valence-electron chi connectivity index (χ3n) is 5.22. The van der Waals surface area contributed by atoms with E-state index in [1.165, 1.54) is 0 Å². The normalized spacial score (nSPS) is 16.2. The van der Waals surface area contributed by atoms with Crippen molar-refractivity contribution in [1.29, 1.82) is 0 Å². The van der Waals surface area contributed by atoms with Gasteiger partial charge < -0.3 is 25.4 Å². The Labute approximate surface area is 170 Å². The highest BCUT2D eigenvalue weighted by atomic mass is 16.5. The van der Waals surface area contributed by atoms with Gasteiger partial charge in [-0.2, -0.15) is 0 Å². The summed E-state index contributed by atoms with van der Waals surface area (Å²) in [4.78, 5) is 26.1. The number of hydrogen-bond donors (Lipinski definition) is 2. The van der Waals surface area contributed by atoms with E-state index in [0.717, 1.165) is 30.6 Å². The van der Waals surface area contributed by atoms with Crippen LogP contribution in [0.15, 0.2) is 42.5 Å². The number of nitrogens with one attached hydrogen (secondary N) is 1. The molecule has 2 aromatic carbocycles. The molecule has 3 rings (SSSR count). The van der Waals surface area contributed by atoms with Gasteiger partial charge in [-0.1, -0.05) is 6.07 Å². The molecule has 1 atom stereocenters. The van der Waals surface area contributed by atoms with Crippen molar-refractivity contribution in [3.63, 3.8) is 0 Å². The maximum atomic E-state index is 12.5. The van der Waals surface area contributed by atoms with Crippen molar-refractivity contribution in [3.8, 4) is 11.5 Å². The van der Waals surface area contributed by atoms with Crippen molar-refractivity contribution in [2.45, 2.75) is 19.4 Å². The Morgan fingerprint density at radius 1 is 1.10 bits per heavy atom. The predicted octanol–water partition coefficient (Wildman–Crippen LogP) is 2.34. The van der Waals surface area contributed by atoms with Gasteiger partial charge in [0.05, 0.1) is 20.1 Å². The van der Waals surface area contributed by atoms with Gasteiger partial charge in [0.1, 0.15) is 0 Å². The molecule has 0 spiro atoms. The summed E-state index contributed by atoms with van der Waals surface area (Å²) in [5.41, 5.74) is 7.94.